The van der Waals surface area contributed by atoms with Gasteiger partial charge in [0.15, 0.2) is 0 Å². The van der Waals surface area contributed by atoms with Gasteiger partial charge in [0.05, 0.1) is 6.61 Å². The van der Waals surface area contributed by atoms with E-state index in [1.807, 2.05) is 0 Å². The molecule has 1 aromatic heterocycles. The molecule has 1 aliphatic heterocycles. The van der Waals surface area contributed by atoms with E-state index in [1.54, 1.807) is 0 Å². The molecule has 0 radical (unpaired) electrons. The number of nitrogens with two attached hydrogens (primary N) is 2. The third-order valence-corrected chi connectivity index (χ3v) is 2.21. The molecule has 1 aromatic rings. The largest absolute Gasteiger partial charge is 0.381 e. The Hall–Kier alpha value is -1.43. The topological polar surface area (TPSA) is 99.9 Å². The summed E-state index contributed by atoms with van der Waals surface area (Å²) in [7, 11) is 0. The van der Waals surface area contributed by atoms with Crippen LogP contribution in [-0.2, 0) is 4.74 Å². The molecule has 0 aliphatic carbocycles. The number of anilines is 2. The number of rotatable bonds is 1. The Kier molecular flexibility index (Phi) is 2.45. The van der Waals surface area contributed by atoms with Gasteiger partial charge >= 0.3 is 0 Å². The third kappa shape index (κ3) is 1.90. The van der Waals surface area contributed by atoms with Crippen LogP contribution >= 0.6 is 0 Å². The maximum atomic E-state index is 5.48. The van der Waals surface area contributed by atoms with Gasteiger partial charge < -0.3 is 16.2 Å². The highest BCUT2D eigenvalue weighted by atomic mass is 16.5. The molecule has 2 heterocycles. The molecule has 1 unspecified atom stereocenters. The smallest absolute Gasteiger partial charge is 0.225 e. The van der Waals surface area contributed by atoms with E-state index >= 15 is 0 Å². The fourth-order valence-corrected chi connectivity index (χ4v) is 1.55. The molecule has 1 fully saturated rings. The van der Waals surface area contributed by atoms with Crippen LogP contribution in [0.3, 0.4) is 0 Å². The minimum Gasteiger partial charge on any atom is -0.381 e. The van der Waals surface area contributed by atoms with Gasteiger partial charge in [-0.15, -0.1) is 0 Å². The van der Waals surface area contributed by atoms with Crippen molar-refractivity contribution in [2.24, 2.45) is 0 Å². The average Bonchev–Trinajstić information content (AvgIpc) is 2.18. The lowest BCUT2D eigenvalue weighted by Gasteiger charge is -2.20. The van der Waals surface area contributed by atoms with Gasteiger partial charge in [-0.25, -0.2) is 0 Å². The average molecular weight is 195 g/mol. The van der Waals surface area contributed by atoms with Crippen molar-refractivity contribution in [1.82, 2.24) is 15.0 Å². The predicted octanol–water partition coefficient (Wildman–Crippen LogP) is -0.0700. The van der Waals surface area contributed by atoms with Gasteiger partial charge in [-0.2, -0.15) is 15.0 Å². The van der Waals surface area contributed by atoms with Crippen LogP contribution in [0.1, 0.15) is 24.6 Å². The Bertz CT molecular complexity index is 303. The van der Waals surface area contributed by atoms with E-state index < -0.39 is 0 Å². The van der Waals surface area contributed by atoms with Gasteiger partial charge in [0.25, 0.3) is 0 Å². The fourth-order valence-electron chi connectivity index (χ4n) is 1.55. The molecular weight excluding hydrogens is 182 g/mol. The van der Waals surface area contributed by atoms with Crippen LogP contribution in [0, 0.1) is 0 Å². The molecule has 14 heavy (non-hydrogen) atoms. The van der Waals surface area contributed by atoms with E-state index in [4.69, 9.17) is 16.2 Å². The predicted molar refractivity (Wildman–Crippen MR) is 51.4 cm³/mol. The molecular formula is C8H13N5O. The zero-order valence-electron chi connectivity index (χ0n) is 7.81. The first-order valence-electron chi connectivity index (χ1n) is 4.60. The van der Waals surface area contributed by atoms with Crippen molar-refractivity contribution in [3.63, 3.8) is 0 Å². The van der Waals surface area contributed by atoms with Crippen molar-refractivity contribution >= 4 is 11.9 Å². The van der Waals surface area contributed by atoms with Crippen LogP contribution in [0.2, 0.25) is 0 Å². The van der Waals surface area contributed by atoms with Crippen LogP contribution in [0.15, 0.2) is 0 Å². The second-order valence-corrected chi connectivity index (χ2v) is 3.32. The Labute approximate surface area is 81.7 Å². The maximum absolute atomic E-state index is 5.48. The van der Waals surface area contributed by atoms with Gasteiger partial charge in [-0.3, -0.25) is 0 Å². The Morgan fingerprint density at radius 1 is 1.14 bits per heavy atom. The van der Waals surface area contributed by atoms with Crippen LogP contribution in [-0.4, -0.2) is 28.2 Å². The SMILES string of the molecule is Nc1nc(N)nc(C2CCCOC2)n1. The molecule has 0 bridgehead atoms. The lowest BCUT2D eigenvalue weighted by Crippen LogP contribution is -2.19. The molecule has 0 aromatic carbocycles. The summed E-state index contributed by atoms with van der Waals surface area (Å²) in [6, 6.07) is 0. The van der Waals surface area contributed by atoms with E-state index in [-0.39, 0.29) is 17.8 Å². The van der Waals surface area contributed by atoms with E-state index in [0.29, 0.717) is 12.4 Å². The molecule has 6 nitrogen and oxygen atoms in total. The number of ether oxygens (including phenoxy) is 1. The Morgan fingerprint density at radius 3 is 2.43 bits per heavy atom. The van der Waals surface area contributed by atoms with Crippen molar-refractivity contribution < 1.29 is 4.74 Å². The lowest BCUT2D eigenvalue weighted by molar-refractivity contribution is 0.0781. The number of aromatic nitrogens is 3. The van der Waals surface area contributed by atoms with E-state index in [1.165, 1.54) is 0 Å². The van der Waals surface area contributed by atoms with Crippen LogP contribution < -0.4 is 11.5 Å². The molecule has 0 spiro atoms. The quantitative estimate of drug-likeness (QED) is 0.650. The minimum atomic E-state index is 0.179. The summed E-state index contributed by atoms with van der Waals surface area (Å²) in [5, 5.41) is 0. The van der Waals surface area contributed by atoms with Crippen molar-refractivity contribution in [2.45, 2.75) is 18.8 Å². The summed E-state index contributed by atoms with van der Waals surface area (Å²) in [5.74, 6) is 1.21. The van der Waals surface area contributed by atoms with Crippen molar-refractivity contribution in [1.29, 1.82) is 0 Å². The first-order valence-corrected chi connectivity index (χ1v) is 4.60. The van der Waals surface area contributed by atoms with Crippen molar-refractivity contribution in [2.75, 3.05) is 24.7 Å². The summed E-state index contributed by atoms with van der Waals surface area (Å²) in [5.41, 5.74) is 11.0. The molecule has 1 aliphatic rings. The number of nitrogens with zero attached hydrogens (tertiary/aromatic N) is 3. The normalized spacial score (nSPS) is 22.1. The number of nitrogen functional groups attached to an aromatic ring is 2. The summed E-state index contributed by atoms with van der Waals surface area (Å²) >= 11 is 0. The molecule has 0 saturated carbocycles. The third-order valence-electron chi connectivity index (χ3n) is 2.21. The van der Waals surface area contributed by atoms with Gasteiger partial charge in [-0.05, 0) is 12.8 Å². The summed E-state index contributed by atoms with van der Waals surface area (Å²) in [6.45, 7) is 1.45. The zero-order valence-corrected chi connectivity index (χ0v) is 7.81. The molecule has 0 amide bonds. The highest BCUT2D eigenvalue weighted by molar-refractivity contribution is 5.26. The fraction of sp³-hybridized carbons (Fsp3) is 0.625. The maximum Gasteiger partial charge on any atom is 0.225 e. The van der Waals surface area contributed by atoms with Gasteiger partial charge in [-0.1, -0.05) is 0 Å². The molecule has 76 valence electrons. The van der Waals surface area contributed by atoms with E-state index in [2.05, 4.69) is 15.0 Å². The number of hydrogen-bond acceptors (Lipinski definition) is 6. The summed E-state index contributed by atoms with van der Waals surface area (Å²) in [6.07, 6.45) is 2.04. The molecule has 6 heteroatoms. The summed E-state index contributed by atoms with van der Waals surface area (Å²) in [4.78, 5) is 11.8. The Balaban J connectivity index is 2.21. The highest BCUT2D eigenvalue weighted by Gasteiger charge is 2.19. The van der Waals surface area contributed by atoms with Crippen molar-refractivity contribution in [3.05, 3.63) is 5.82 Å². The Morgan fingerprint density at radius 2 is 1.86 bits per heavy atom. The first kappa shape index (κ1) is 9.14. The van der Waals surface area contributed by atoms with Gasteiger partial charge in [0.1, 0.15) is 5.82 Å². The second-order valence-electron chi connectivity index (χ2n) is 3.32. The van der Waals surface area contributed by atoms with E-state index in [9.17, 15) is 0 Å². The first-order chi connectivity index (χ1) is 6.75. The second kappa shape index (κ2) is 3.75. The van der Waals surface area contributed by atoms with Crippen LogP contribution in [0.5, 0.6) is 0 Å². The standard InChI is InChI=1S/C8H13N5O/c9-7-11-6(12-8(10)13-7)5-2-1-3-14-4-5/h5H,1-4H2,(H4,9,10,11,12,13). The lowest BCUT2D eigenvalue weighted by atomic mass is 10.0. The molecule has 1 saturated heterocycles. The molecule has 4 N–H and O–H groups in total. The van der Waals surface area contributed by atoms with Gasteiger partial charge in [0, 0.05) is 12.5 Å². The zero-order chi connectivity index (χ0) is 9.97. The highest BCUT2D eigenvalue weighted by Crippen LogP contribution is 2.22. The van der Waals surface area contributed by atoms with E-state index in [0.717, 1.165) is 19.4 Å². The monoisotopic (exact) mass is 195 g/mol. The summed E-state index contributed by atoms with van der Waals surface area (Å²) < 4.78 is 5.33. The molecule has 2 rings (SSSR count). The minimum absolute atomic E-state index is 0.179. The molecule has 1 atom stereocenters. The van der Waals surface area contributed by atoms with Crippen LogP contribution in [0.25, 0.3) is 0 Å². The number of hydrogen-bond donors (Lipinski definition) is 2. The van der Waals surface area contributed by atoms with Crippen molar-refractivity contribution in [3.8, 4) is 0 Å². The van der Waals surface area contributed by atoms with Gasteiger partial charge in [0.2, 0.25) is 11.9 Å². The van der Waals surface area contributed by atoms with Crippen LogP contribution in [0.4, 0.5) is 11.9 Å².